The molecule has 0 saturated heterocycles. The zero-order valence-corrected chi connectivity index (χ0v) is 39.7. The van der Waals surface area contributed by atoms with E-state index < -0.39 is 16.6 Å². The third-order valence-electron chi connectivity index (χ3n) is 11.7. The van der Waals surface area contributed by atoms with Gasteiger partial charge in [-0.3, -0.25) is 29.1 Å². The number of amides is 3. The molecule has 3 aromatic carbocycles. The normalized spacial score (nSPS) is 23.1. The third-order valence-corrected chi connectivity index (χ3v) is 13.7. The monoisotopic (exact) mass is 961 g/mol. The van der Waals surface area contributed by atoms with Gasteiger partial charge in [-0.05, 0) is 114 Å². The van der Waals surface area contributed by atoms with E-state index in [4.69, 9.17) is 34.1 Å². The molecule has 330 valence electrons. The van der Waals surface area contributed by atoms with Crippen molar-refractivity contribution < 1.29 is 14.4 Å². The summed E-state index contributed by atoms with van der Waals surface area (Å²) in [7, 11) is 4.91. The Morgan fingerprint density at radius 3 is 1.91 bits per heavy atom. The topological polar surface area (TPSA) is 213 Å². The Kier molecular flexibility index (Phi) is 13.8. The van der Waals surface area contributed by atoms with E-state index in [2.05, 4.69) is 42.0 Å². The lowest BCUT2D eigenvalue weighted by Gasteiger charge is -2.39. The number of nitriles is 1. The minimum absolute atomic E-state index is 0.0206. The zero-order chi connectivity index (χ0) is 46.7. The Morgan fingerprint density at radius 2 is 1.28 bits per heavy atom. The first-order valence-corrected chi connectivity index (χ1v) is 22.1. The van der Waals surface area contributed by atoms with Gasteiger partial charge in [0.15, 0.2) is 17.9 Å². The summed E-state index contributed by atoms with van der Waals surface area (Å²) in [6, 6.07) is 34.8. The van der Waals surface area contributed by atoms with Crippen LogP contribution < -0.4 is 17.2 Å². The van der Waals surface area contributed by atoms with E-state index in [0.717, 1.165) is 42.3 Å². The van der Waals surface area contributed by atoms with Crippen LogP contribution in [0.15, 0.2) is 123 Å². The molecule has 17 heteroatoms. The molecule has 2 aromatic heterocycles. The Hall–Kier alpha value is -6.41. The molecule has 3 aliphatic rings. The fourth-order valence-corrected chi connectivity index (χ4v) is 9.01. The molecule has 0 saturated carbocycles. The molecule has 64 heavy (non-hydrogen) atoms. The maximum absolute atomic E-state index is 12.5. The van der Waals surface area contributed by atoms with Crippen molar-refractivity contribution >= 4 is 74.5 Å². The van der Waals surface area contributed by atoms with Gasteiger partial charge in [0, 0.05) is 35.9 Å². The quantitative estimate of drug-likeness (QED) is 0.149. The van der Waals surface area contributed by atoms with Crippen LogP contribution in [0, 0.1) is 17.2 Å². The van der Waals surface area contributed by atoms with Gasteiger partial charge in [0.2, 0.25) is 17.7 Å². The summed E-state index contributed by atoms with van der Waals surface area (Å²) < 4.78 is 0.719. The molecule has 3 amide bonds. The minimum atomic E-state index is -0.726. The maximum Gasteiger partial charge on any atom is 0.234 e. The molecule has 0 fully saturated rings. The first-order chi connectivity index (χ1) is 30.2. The number of rotatable bonds is 5. The van der Waals surface area contributed by atoms with Gasteiger partial charge in [-0.15, -0.1) is 11.3 Å². The number of carbonyl (C=O) groups is 3. The van der Waals surface area contributed by atoms with E-state index >= 15 is 0 Å². The van der Waals surface area contributed by atoms with E-state index in [1.54, 1.807) is 38.5 Å². The lowest BCUT2D eigenvalue weighted by molar-refractivity contribution is -0.133. The molecule has 3 aliphatic heterocycles. The zero-order valence-electron chi connectivity index (χ0n) is 36.5. The number of nitrogens with zero attached hydrogens (tertiary/aromatic N) is 8. The van der Waals surface area contributed by atoms with E-state index in [0.29, 0.717) is 17.0 Å². The van der Waals surface area contributed by atoms with E-state index in [9.17, 15) is 14.4 Å². The Labute approximate surface area is 390 Å². The highest BCUT2D eigenvalue weighted by atomic mass is 79.9. The van der Waals surface area contributed by atoms with Crippen molar-refractivity contribution in [2.45, 2.75) is 57.2 Å². The largest absolute Gasteiger partial charge is 0.369 e. The molecule has 14 nitrogen and oxygen atoms in total. The van der Waals surface area contributed by atoms with Crippen molar-refractivity contribution in [3.63, 3.8) is 0 Å². The highest BCUT2D eigenvalue weighted by molar-refractivity contribution is 9.10. The number of aromatic nitrogens is 1. The third kappa shape index (κ3) is 9.86. The van der Waals surface area contributed by atoms with Gasteiger partial charge in [0.1, 0.15) is 15.7 Å². The van der Waals surface area contributed by atoms with Crippen LogP contribution in [0.5, 0.6) is 0 Å². The summed E-state index contributed by atoms with van der Waals surface area (Å²) in [6.07, 6.45) is 0.591. The number of pyridine rings is 1. The Morgan fingerprint density at radius 1 is 0.719 bits per heavy atom. The molecule has 0 unspecified atom stereocenters. The fourth-order valence-electron chi connectivity index (χ4n) is 7.39. The summed E-state index contributed by atoms with van der Waals surface area (Å²) in [5.41, 5.74) is 20.8. The summed E-state index contributed by atoms with van der Waals surface area (Å²) in [6.45, 7) is 7.61. The van der Waals surface area contributed by atoms with Crippen LogP contribution >= 0.6 is 38.9 Å². The van der Waals surface area contributed by atoms with Crippen molar-refractivity contribution in [1.29, 1.82) is 5.26 Å². The van der Waals surface area contributed by atoms with Gasteiger partial charge in [-0.2, -0.15) is 5.26 Å². The summed E-state index contributed by atoms with van der Waals surface area (Å²) in [5.74, 6) is 0.260. The van der Waals surface area contributed by atoms with Gasteiger partial charge in [0.25, 0.3) is 0 Å². The number of carbonyl (C=O) groups excluding carboxylic acids is 3. The van der Waals surface area contributed by atoms with Crippen molar-refractivity contribution in [3.05, 3.63) is 134 Å². The van der Waals surface area contributed by atoms with Gasteiger partial charge in [0.05, 0.1) is 41.6 Å². The van der Waals surface area contributed by atoms with Crippen LogP contribution in [0.25, 0.3) is 21.6 Å². The fraction of sp³-hybridized carbons (Fsp3) is 0.277. The lowest BCUT2D eigenvalue weighted by Crippen LogP contribution is -2.52. The summed E-state index contributed by atoms with van der Waals surface area (Å²) in [4.78, 5) is 60.5. The molecular formula is C47H49BrClN11O3S. The van der Waals surface area contributed by atoms with Crippen LogP contribution in [0.2, 0.25) is 5.02 Å². The van der Waals surface area contributed by atoms with Crippen LogP contribution in [0.4, 0.5) is 0 Å². The highest BCUT2D eigenvalue weighted by Gasteiger charge is 2.43. The van der Waals surface area contributed by atoms with E-state index in [-0.39, 0.29) is 47.9 Å². The molecule has 6 N–H and O–H groups in total. The first-order valence-electron chi connectivity index (χ1n) is 20.1. The number of hydrogen-bond acceptors (Lipinski definition) is 12. The number of hydrogen-bond donors (Lipinski definition) is 3. The molecule has 8 rings (SSSR count). The van der Waals surface area contributed by atoms with Gasteiger partial charge >= 0.3 is 0 Å². The highest BCUT2D eigenvalue weighted by Crippen LogP contribution is 2.41. The molecular weight excluding hydrogens is 914 g/mol. The van der Waals surface area contributed by atoms with Crippen molar-refractivity contribution in [3.8, 4) is 27.6 Å². The lowest BCUT2D eigenvalue weighted by atomic mass is 9.78. The number of aliphatic imine (C=N–C) groups is 3. The predicted molar refractivity (Wildman–Crippen MR) is 257 cm³/mol. The van der Waals surface area contributed by atoms with Crippen molar-refractivity contribution in [2.75, 3.05) is 21.1 Å². The molecule has 0 radical (unpaired) electrons. The van der Waals surface area contributed by atoms with Crippen LogP contribution in [0.1, 0.15) is 62.2 Å². The molecule has 0 bridgehead atoms. The van der Waals surface area contributed by atoms with E-state index in [1.165, 1.54) is 14.7 Å². The van der Waals surface area contributed by atoms with Gasteiger partial charge in [-0.25, -0.2) is 20.0 Å². The summed E-state index contributed by atoms with van der Waals surface area (Å²) >= 11 is 11.0. The van der Waals surface area contributed by atoms with Crippen molar-refractivity contribution in [2.24, 2.45) is 38.1 Å². The summed E-state index contributed by atoms with van der Waals surface area (Å²) in [5, 5.41) is 9.81. The number of halogens is 2. The smallest absolute Gasteiger partial charge is 0.234 e. The van der Waals surface area contributed by atoms with Gasteiger partial charge in [-0.1, -0.05) is 67.1 Å². The molecule has 0 aliphatic carbocycles. The second-order valence-corrected chi connectivity index (χ2v) is 18.6. The van der Waals surface area contributed by atoms with Gasteiger partial charge < -0.3 is 17.2 Å². The molecule has 5 heterocycles. The minimum Gasteiger partial charge on any atom is -0.369 e. The van der Waals surface area contributed by atoms with Crippen molar-refractivity contribution in [1.82, 2.24) is 19.7 Å². The van der Waals surface area contributed by atoms with E-state index in [1.807, 2.05) is 125 Å². The Balaban J connectivity index is 0.000000162. The number of benzene rings is 3. The predicted octanol–water partition coefficient (Wildman–Crippen LogP) is 7.56. The second kappa shape index (κ2) is 18.7. The number of thiophene rings is 1. The first kappa shape index (κ1) is 47.1. The van der Waals surface area contributed by atoms with Crippen LogP contribution in [-0.2, 0) is 31.0 Å². The van der Waals surface area contributed by atoms with Crippen LogP contribution in [-0.4, -0.2) is 76.4 Å². The SMILES string of the molecule is CN1C(=O)C[C@@](C)(c2ccc(-c3cccc(Cl)c3)s2)N=C1N.CN1C(=O)C[C@@](C)(c2cccc(Br)n2)N=C1N.C[C@H]1C(=O)N(C)C(N)=N[C@]1(C)c1cccc(-c2cccc(C#N)c2)c1. The molecule has 5 aromatic rings. The van der Waals surface area contributed by atoms with Crippen LogP contribution in [0.3, 0.4) is 0 Å². The molecule has 0 spiro atoms. The number of guanidine groups is 3. The number of nitrogens with two attached hydrogens (primary N) is 3. The molecule has 4 atom stereocenters. The maximum atomic E-state index is 12.5. The second-order valence-electron chi connectivity index (χ2n) is 16.3. The standard InChI is InChI=1S/C20H20N4O.C16H16ClN3OS.C11H13BrN4O/c1-13-18(25)24(3)19(22)23-20(13,2)17-9-5-8-16(11-17)15-7-4-6-14(10-15)12-21;1-16(9-14(21)20(2)15(18)19-16)13-7-6-12(22-13)10-4-3-5-11(17)8-10;1-11(7-4-3-5-8(12)14-7)6-9(17)16(2)10(13)15-11/h4-11,13H,1-3H3,(H2,22,23);3-8H,9H2,1-2H3,(H2,18,19);3-5H,6H2,1-2H3,(H2,13,15)/t13-,20-;16-;11-/m000/s1. The Bertz CT molecular complexity index is 2770. The average Bonchev–Trinajstić information content (AvgIpc) is 3.79. The average molecular weight is 963 g/mol.